The third-order valence-corrected chi connectivity index (χ3v) is 4.28. The summed E-state index contributed by atoms with van der Waals surface area (Å²) < 4.78 is 0. The lowest BCUT2D eigenvalue weighted by Crippen LogP contribution is -1.84. The number of hydrogen-bond donors (Lipinski definition) is 0. The molecule has 96 valence electrons. The number of hydrogen-bond acceptors (Lipinski definition) is 0. The van der Waals surface area contributed by atoms with E-state index in [1.54, 1.807) is 0 Å². The molecule has 0 aromatic heterocycles. The maximum atomic E-state index is 6.48. The normalized spacial score (nSPS) is 11.5. The standard InChI is InChI=1S/C19H13Cl/c1-12-9-10-14-13-5-2-3-6-15(13)19-16(17(14)11-12)7-4-8-18(19)20/h2-11H,1H3. The van der Waals surface area contributed by atoms with E-state index in [1.165, 1.54) is 32.5 Å². The molecular weight excluding hydrogens is 264 g/mol. The number of benzene rings is 4. The highest BCUT2D eigenvalue weighted by Crippen LogP contribution is 2.38. The molecule has 0 aliphatic rings. The minimum Gasteiger partial charge on any atom is -0.0836 e. The predicted octanol–water partition coefficient (Wildman–Crippen LogP) is 6.11. The molecule has 0 aliphatic carbocycles. The van der Waals surface area contributed by atoms with Crippen LogP contribution >= 0.6 is 11.6 Å². The third kappa shape index (κ3) is 1.55. The topological polar surface area (TPSA) is 0 Å². The Kier molecular flexibility index (Phi) is 2.48. The molecule has 0 unspecified atom stereocenters. The molecule has 0 heterocycles. The summed E-state index contributed by atoms with van der Waals surface area (Å²) in [5, 5.41) is 8.27. The largest absolute Gasteiger partial charge is 0.0836 e. The van der Waals surface area contributed by atoms with Gasteiger partial charge in [0.2, 0.25) is 0 Å². The van der Waals surface area contributed by atoms with Crippen molar-refractivity contribution < 1.29 is 0 Å². The zero-order valence-electron chi connectivity index (χ0n) is 11.2. The van der Waals surface area contributed by atoms with E-state index in [0.717, 1.165) is 10.4 Å². The second kappa shape index (κ2) is 4.22. The average Bonchev–Trinajstić information content (AvgIpc) is 2.47. The van der Waals surface area contributed by atoms with E-state index in [-0.39, 0.29) is 0 Å². The van der Waals surface area contributed by atoms with Crippen LogP contribution in [0.3, 0.4) is 0 Å². The maximum absolute atomic E-state index is 6.48. The van der Waals surface area contributed by atoms with Crippen LogP contribution in [0, 0.1) is 6.92 Å². The smallest absolute Gasteiger partial charge is 0.0490 e. The summed E-state index contributed by atoms with van der Waals surface area (Å²) in [4.78, 5) is 0. The fourth-order valence-electron chi connectivity index (χ4n) is 3.07. The summed E-state index contributed by atoms with van der Waals surface area (Å²) in [5.74, 6) is 0. The van der Waals surface area contributed by atoms with Crippen LogP contribution in [0.2, 0.25) is 5.02 Å². The van der Waals surface area contributed by atoms with E-state index < -0.39 is 0 Å². The molecule has 4 aromatic carbocycles. The van der Waals surface area contributed by atoms with Crippen molar-refractivity contribution in [1.82, 2.24) is 0 Å². The van der Waals surface area contributed by atoms with Crippen LogP contribution in [0.15, 0.2) is 60.7 Å². The molecule has 0 N–H and O–H groups in total. The minimum absolute atomic E-state index is 0.821. The molecule has 0 spiro atoms. The van der Waals surface area contributed by atoms with Gasteiger partial charge in [-0.1, -0.05) is 71.8 Å². The van der Waals surface area contributed by atoms with Gasteiger partial charge >= 0.3 is 0 Å². The summed E-state index contributed by atoms with van der Waals surface area (Å²) in [6.45, 7) is 2.13. The number of fused-ring (bicyclic) bond motifs is 6. The van der Waals surface area contributed by atoms with Gasteiger partial charge in [-0.05, 0) is 39.9 Å². The Balaban J connectivity index is 2.45. The monoisotopic (exact) mass is 276 g/mol. The fraction of sp³-hybridized carbons (Fsp3) is 0.0526. The summed E-state index contributed by atoms with van der Waals surface area (Å²) in [6, 6.07) is 21.3. The van der Waals surface area contributed by atoms with Crippen molar-refractivity contribution in [2.24, 2.45) is 0 Å². The lowest BCUT2D eigenvalue weighted by Gasteiger charge is -2.11. The molecule has 0 radical (unpaired) electrons. The molecule has 0 nitrogen and oxygen atoms in total. The van der Waals surface area contributed by atoms with Gasteiger partial charge in [-0.3, -0.25) is 0 Å². The Labute approximate surface area is 122 Å². The predicted molar refractivity (Wildman–Crippen MR) is 88.7 cm³/mol. The quantitative estimate of drug-likeness (QED) is 0.340. The Hall–Kier alpha value is -2.05. The summed E-state index contributed by atoms with van der Waals surface area (Å²) >= 11 is 6.48. The molecule has 4 rings (SSSR count). The highest BCUT2D eigenvalue weighted by Gasteiger charge is 2.10. The van der Waals surface area contributed by atoms with Gasteiger partial charge in [-0.15, -0.1) is 0 Å². The third-order valence-electron chi connectivity index (χ3n) is 3.97. The first-order valence-corrected chi connectivity index (χ1v) is 7.13. The first-order valence-electron chi connectivity index (χ1n) is 6.75. The van der Waals surface area contributed by atoms with Gasteiger partial charge in [0.15, 0.2) is 0 Å². The van der Waals surface area contributed by atoms with Crippen LogP contribution < -0.4 is 0 Å². The molecule has 0 bridgehead atoms. The van der Waals surface area contributed by atoms with Gasteiger partial charge in [0.25, 0.3) is 0 Å². The molecule has 0 atom stereocenters. The van der Waals surface area contributed by atoms with Crippen LogP contribution in [0.4, 0.5) is 0 Å². The molecule has 0 saturated carbocycles. The Morgan fingerprint density at radius 3 is 2.15 bits per heavy atom. The van der Waals surface area contributed by atoms with Crippen molar-refractivity contribution in [2.75, 3.05) is 0 Å². The molecule has 1 heteroatoms. The first-order chi connectivity index (χ1) is 9.75. The van der Waals surface area contributed by atoms with Gasteiger partial charge in [0, 0.05) is 10.4 Å². The zero-order valence-corrected chi connectivity index (χ0v) is 11.9. The van der Waals surface area contributed by atoms with Crippen LogP contribution in [-0.2, 0) is 0 Å². The minimum atomic E-state index is 0.821. The maximum Gasteiger partial charge on any atom is 0.0490 e. The van der Waals surface area contributed by atoms with Gasteiger partial charge < -0.3 is 0 Å². The van der Waals surface area contributed by atoms with Crippen LogP contribution in [0.1, 0.15) is 5.56 Å². The first kappa shape index (κ1) is 11.7. The van der Waals surface area contributed by atoms with Gasteiger partial charge in [0.05, 0.1) is 0 Å². The highest BCUT2D eigenvalue weighted by molar-refractivity contribution is 6.40. The lowest BCUT2D eigenvalue weighted by molar-refractivity contribution is 1.51. The van der Waals surface area contributed by atoms with Gasteiger partial charge in [0.1, 0.15) is 0 Å². The van der Waals surface area contributed by atoms with E-state index in [4.69, 9.17) is 11.6 Å². The van der Waals surface area contributed by atoms with Crippen molar-refractivity contribution >= 4 is 43.9 Å². The Bertz CT molecular complexity index is 967. The molecular formula is C19H13Cl. The Morgan fingerprint density at radius 2 is 1.30 bits per heavy atom. The van der Waals surface area contributed by atoms with E-state index >= 15 is 0 Å². The molecule has 0 saturated heterocycles. The van der Waals surface area contributed by atoms with Crippen LogP contribution in [0.5, 0.6) is 0 Å². The van der Waals surface area contributed by atoms with Crippen molar-refractivity contribution in [1.29, 1.82) is 0 Å². The molecule has 4 aromatic rings. The number of rotatable bonds is 0. The second-order valence-electron chi connectivity index (χ2n) is 5.26. The van der Waals surface area contributed by atoms with Crippen LogP contribution in [0.25, 0.3) is 32.3 Å². The molecule has 0 amide bonds. The SMILES string of the molecule is Cc1ccc2c3ccccc3c3c(Cl)cccc3c2c1. The van der Waals surface area contributed by atoms with Gasteiger partial charge in [-0.2, -0.15) is 0 Å². The van der Waals surface area contributed by atoms with Crippen molar-refractivity contribution in [3.05, 3.63) is 71.2 Å². The molecule has 0 fully saturated rings. The fourth-order valence-corrected chi connectivity index (χ4v) is 3.35. The molecule has 0 aliphatic heterocycles. The lowest BCUT2D eigenvalue weighted by atomic mass is 9.93. The average molecular weight is 277 g/mol. The van der Waals surface area contributed by atoms with Crippen LogP contribution in [-0.4, -0.2) is 0 Å². The molecule has 20 heavy (non-hydrogen) atoms. The van der Waals surface area contributed by atoms with E-state index in [0.29, 0.717) is 0 Å². The highest BCUT2D eigenvalue weighted by atomic mass is 35.5. The van der Waals surface area contributed by atoms with Gasteiger partial charge in [-0.25, -0.2) is 0 Å². The second-order valence-corrected chi connectivity index (χ2v) is 5.66. The summed E-state index contributed by atoms with van der Waals surface area (Å²) in [5.41, 5.74) is 1.27. The van der Waals surface area contributed by atoms with E-state index in [1.807, 2.05) is 12.1 Å². The zero-order chi connectivity index (χ0) is 13.7. The van der Waals surface area contributed by atoms with E-state index in [9.17, 15) is 0 Å². The van der Waals surface area contributed by atoms with E-state index in [2.05, 4.69) is 55.5 Å². The Morgan fingerprint density at radius 1 is 0.650 bits per heavy atom. The number of aryl methyl sites for hydroxylation is 1. The summed E-state index contributed by atoms with van der Waals surface area (Å²) in [6.07, 6.45) is 0. The van der Waals surface area contributed by atoms with Crippen molar-refractivity contribution in [3.8, 4) is 0 Å². The number of halogens is 1. The van der Waals surface area contributed by atoms with Crippen molar-refractivity contribution in [2.45, 2.75) is 6.92 Å². The van der Waals surface area contributed by atoms with Crippen molar-refractivity contribution in [3.63, 3.8) is 0 Å². The summed E-state index contributed by atoms with van der Waals surface area (Å²) in [7, 11) is 0.